The first-order chi connectivity index (χ1) is 7.20. The molecule has 0 aliphatic carbocycles. The van der Waals surface area contributed by atoms with E-state index in [-0.39, 0.29) is 0 Å². The number of aromatic nitrogens is 1. The molecule has 76 valence electrons. The van der Waals surface area contributed by atoms with E-state index in [4.69, 9.17) is 5.73 Å². The summed E-state index contributed by atoms with van der Waals surface area (Å²) in [4.78, 5) is 11.2. The van der Waals surface area contributed by atoms with Crippen LogP contribution in [0.1, 0.15) is 16.2 Å². The molecule has 0 saturated heterocycles. The van der Waals surface area contributed by atoms with Crippen LogP contribution in [0.3, 0.4) is 0 Å². The molecule has 2 rings (SSSR count). The highest BCUT2D eigenvalue weighted by molar-refractivity contribution is 5.92. The monoisotopic (exact) mass is 200 g/mol. The minimum absolute atomic E-state index is 0.410. The maximum absolute atomic E-state index is 11.2. The van der Waals surface area contributed by atoms with Gasteiger partial charge in [0.2, 0.25) is 0 Å². The van der Waals surface area contributed by atoms with E-state index in [1.165, 1.54) is 0 Å². The molecule has 0 spiro atoms. The lowest BCUT2D eigenvalue weighted by Gasteiger charge is -2.09. The van der Waals surface area contributed by atoms with Crippen molar-refractivity contribution in [3.63, 3.8) is 0 Å². The van der Waals surface area contributed by atoms with Crippen LogP contribution in [-0.2, 0) is 0 Å². The fourth-order valence-corrected chi connectivity index (χ4v) is 1.65. The third kappa shape index (κ3) is 1.64. The molecular formula is C12H12N2O. The zero-order chi connectivity index (χ0) is 10.8. The molecule has 0 unspecified atom stereocenters. The maximum atomic E-state index is 11.2. The predicted molar refractivity (Wildman–Crippen MR) is 59.0 cm³/mol. The Balaban J connectivity index is 2.62. The first-order valence-corrected chi connectivity index (χ1v) is 4.73. The van der Waals surface area contributed by atoms with Crippen LogP contribution in [0, 0.1) is 6.92 Å². The largest absolute Gasteiger partial charge is 0.364 e. The van der Waals surface area contributed by atoms with Crippen molar-refractivity contribution in [3.8, 4) is 5.69 Å². The Kier molecular flexibility index (Phi) is 2.29. The number of primary amides is 1. The molecule has 15 heavy (non-hydrogen) atoms. The standard InChI is InChI=1S/C12H12N2O/c1-9-7-8-11(12(13)15)14(9)10-5-3-2-4-6-10/h2-8H,1H3,(H2,13,15). The quantitative estimate of drug-likeness (QED) is 0.790. The number of hydrogen-bond donors (Lipinski definition) is 1. The molecule has 1 aromatic carbocycles. The van der Waals surface area contributed by atoms with Gasteiger partial charge >= 0.3 is 0 Å². The Hall–Kier alpha value is -2.03. The van der Waals surface area contributed by atoms with Gasteiger partial charge in [0, 0.05) is 11.4 Å². The van der Waals surface area contributed by atoms with Crippen molar-refractivity contribution < 1.29 is 4.79 Å². The van der Waals surface area contributed by atoms with E-state index in [0.29, 0.717) is 5.69 Å². The van der Waals surface area contributed by atoms with E-state index in [1.54, 1.807) is 6.07 Å². The van der Waals surface area contributed by atoms with Gasteiger partial charge in [-0.2, -0.15) is 0 Å². The molecule has 1 aromatic heterocycles. The summed E-state index contributed by atoms with van der Waals surface area (Å²) >= 11 is 0. The van der Waals surface area contributed by atoms with Crippen molar-refractivity contribution in [2.75, 3.05) is 0 Å². The smallest absolute Gasteiger partial charge is 0.265 e. The first kappa shape index (κ1) is 9.52. The first-order valence-electron chi connectivity index (χ1n) is 4.73. The van der Waals surface area contributed by atoms with Gasteiger partial charge in [-0.1, -0.05) is 18.2 Å². The van der Waals surface area contributed by atoms with Gasteiger partial charge in [-0.15, -0.1) is 0 Å². The molecule has 1 heterocycles. The molecule has 0 aliphatic rings. The third-order valence-electron chi connectivity index (χ3n) is 2.34. The zero-order valence-electron chi connectivity index (χ0n) is 8.47. The van der Waals surface area contributed by atoms with Crippen LogP contribution < -0.4 is 5.73 Å². The molecule has 0 aliphatic heterocycles. The summed E-state index contributed by atoms with van der Waals surface area (Å²) < 4.78 is 1.85. The number of benzene rings is 1. The number of rotatable bonds is 2. The number of hydrogen-bond acceptors (Lipinski definition) is 1. The van der Waals surface area contributed by atoms with Crippen LogP contribution in [-0.4, -0.2) is 10.5 Å². The van der Waals surface area contributed by atoms with Crippen molar-refractivity contribution in [2.45, 2.75) is 6.92 Å². The van der Waals surface area contributed by atoms with E-state index in [0.717, 1.165) is 11.4 Å². The summed E-state index contributed by atoms with van der Waals surface area (Å²) in [5.74, 6) is -0.410. The highest BCUT2D eigenvalue weighted by atomic mass is 16.1. The SMILES string of the molecule is Cc1ccc(C(N)=O)n1-c1ccccc1. The Morgan fingerprint density at radius 2 is 1.80 bits per heavy atom. The number of aryl methyl sites for hydroxylation is 1. The second kappa shape index (κ2) is 3.61. The number of nitrogens with two attached hydrogens (primary N) is 1. The van der Waals surface area contributed by atoms with Crippen molar-refractivity contribution in [1.82, 2.24) is 4.57 Å². The highest BCUT2D eigenvalue weighted by Crippen LogP contribution is 2.15. The summed E-state index contributed by atoms with van der Waals surface area (Å²) in [6, 6.07) is 13.3. The average molecular weight is 200 g/mol. The Morgan fingerprint density at radius 1 is 1.13 bits per heavy atom. The molecule has 2 N–H and O–H groups in total. The summed E-state index contributed by atoms with van der Waals surface area (Å²) in [6.07, 6.45) is 0. The summed E-state index contributed by atoms with van der Waals surface area (Å²) in [6.45, 7) is 1.94. The minimum atomic E-state index is -0.410. The van der Waals surface area contributed by atoms with Gasteiger partial charge in [0.1, 0.15) is 5.69 Å². The lowest BCUT2D eigenvalue weighted by Crippen LogP contribution is -2.16. The van der Waals surface area contributed by atoms with Crippen LogP contribution in [0.5, 0.6) is 0 Å². The Labute approximate surface area is 88.1 Å². The number of nitrogens with zero attached hydrogens (tertiary/aromatic N) is 1. The molecule has 1 amide bonds. The Morgan fingerprint density at radius 3 is 2.40 bits per heavy atom. The summed E-state index contributed by atoms with van der Waals surface area (Å²) in [5, 5.41) is 0. The highest BCUT2D eigenvalue weighted by Gasteiger charge is 2.10. The molecule has 0 radical (unpaired) electrons. The van der Waals surface area contributed by atoms with Gasteiger partial charge < -0.3 is 10.3 Å². The van der Waals surface area contributed by atoms with Gasteiger partial charge in [-0.3, -0.25) is 4.79 Å². The topological polar surface area (TPSA) is 48.0 Å². The molecule has 3 heteroatoms. The van der Waals surface area contributed by atoms with Crippen LogP contribution in [0.2, 0.25) is 0 Å². The molecular weight excluding hydrogens is 188 g/mol. The van der Waals surface area contributed by atoms with Crippen molar-refractivity contribution in [3.05, 3.63) is 53.9 Å². The fraction of sp³-hybridized carbons (Fsp3) is 0.0833. The van der Waals surface area contributed by atoms with Crippen LogP contribution in [0.15, 0.2) is 42.5 Å². The predicted octanol–water partition coefficient (Wildman–Crippen LogP) is 1.88. The molecule has 0 bridgehead atoms. The van der Waals surface area contributed by atoms with E-state index < -0.39 is 5.91 Å². The Bertz CT molecular complexity index is 486. The molecule has 0 saturated carbocycles. The van der Waals surface area contributed by atoms with Gasteiger partial charge in [0.15, 0.2) is 0 Å². The van der Waals surface area contributed by atoms with Crippen molar-refractivity contribution in [1.29, 1.82) is 0 Å². The molecule has 0 atom stereocenters. The molecule has 0 fully saturated rings. The second-order valence-corrected chi connectivity index (χ2v) is 3.40. The summed E-state index contributed by atoms with van der Waals surface area (Å²) in [7, 11) is 0. The second-order valence-electron chi connectivity index (χ2n) is 3.40. The zero-order valence-corrected chi connectivity index (χ0v) is 8.47. The normalized spacial score (nSPS) is 10.2. The number of carbonyl (C=O) groups excluding carboxylic acids is 1. The molecule has 3 nitrogen and oxygen atoms in total. The maximum Gasteiger partial charge on any atom is 0.265 e. The van der Waals surface area contributed by atoms with Crippen molar-refractivity contribution in [2.24, 2.45) is 5.73 Å². The van der Waals surface area contributed by atoms with Crippen molar-refractivity contribution >= 4 is 5.91 Å². The van der Waals surface area contributed by atoms with Crippen LogP contribution >= 0.6 is 0 Å². The van der Waals surface area contributed by atoms with Gasteiger partial charge in [0.05, 0.1) is 0 Å². The lowest BCUT2D eigenvalue weighted by atomic mass is 10.3. The number of amides is 1. The van der Waals surface area contributed by atoms with Gasteiger partial charge in [-0.05, 0) is 31.2 Å². The van der Waals surface area contributed by atoms with E-state index >= 15 is 0 Å². The van der Waals surface area contributed by atoms with Gasteiger partial charge in [-0.25, -0.2) is 0 Å². The summed E-state index contributed by atoms with van der Waals surface area (Å²) in [5.41, 5.74) is 7.77. The average Bonchev–Trinajstić information content (AvgIpc) is 2.61. The van der Waals surface area contributed by atoms with Gasteiger partial charge in [0.25, 0.3) is 5.91 Å². The number of para-hydroxylation sites is 1. The van der Waals surface area contributed by atoms with E-state index in [9.17, 15) is 4.79 Å². The minimum Gasteiger partial charge on any atom is -0.364 e. The number of carbonyl (C=O) groups is 1. The third-order valence-corrected chi connectivity index (χ3v) is 2.34. The lowest BCUT2D eigenvalue weighted by molar-refractivity contribution is 0.0993. The fourth-order valence-electron chi connectivity index (χ4n) is 1.65. The van der Waals surface area contributed by atoms with Crippen LogP contribution in [0.25, 0.3) is 5.69 Å². The van der Waals surface area contributed by atoms with E-state index in [2.05, 4.69) is 0 Å². The van der Waals surface area contributed by atoms with E-state index in [1.807, 2.05) is 47.9 Å². The molecule has 2 aromatic rings. The van der Waals surface area contributed by atoms with Crippen LogP contribution in [0.4, 0.5) is 0 Å².